The van der Waals surface area contributed by atoms with Crippen LogP contribution in [0, 0.1) is 0 Å². The average molecular weight is 265 g/mol. The fourth-order valence-corrected chi connectivity index (χ4v) is 2.11. The van der Waals surface area contributed by atoms with Gasteiger partial charge in [0.15, 0.2) is 0 Å². The Hall–Kier alpha value is -0.320. The smallest absolute Gasteiger partial charge is 0.239 e. The van der Waals surface area contributed by atoms with Crippen molar-refractivity contribution in [1.29, 1.82) is 0 Å². The van der Waals surface area contributed by atoms with Crippen molar-refractivity contribution < 1.29 is 9.53 Å². The van der Waals surface area contributed by atoms with Crippen molar-refractivity contribution in [1.82, 2.24) is 4.90 Å². The number of hydrogen-bond donors (Lipinski definition) is 1. The van der Waals surface area contributed by atoms with E-state index < -0.39 is 0 Å². The first-order chi connectivity index (χ1) is 7.69. The van der Waals surface area contributed by atoms with Gasteiger partial charge >= 0.3 is 0 Å². The maximum absolute atomic E-state index is 12.0. The first kappa shape index (κ1) is 16.7. The van der Waals surface area contributed by atoms with Gasteiger partial charge in [-0.1, -0.05) is 19.8 Å². The molecule has 17 heavy (non-hydrogen) atoms. The third-order valence-corrected chi connectivity index (χ3v) is 3.21. The first-order valence-electron chi connectivity index (χ1n) is 6.26. The van der Waals surface area contributed by atoms with Crippen molar-refractivity contribution in [2.24, 2.45) is 5.73 Å². The molecule has 1 fully saturated rings. The summed E-state index contributed by atoms with van der Waals surface area (Å²) >= 11 is 0. The predicted molar refractivity (Wildman–Crippen MR) is 71.4 cm³/mol. The van der Waals surface area contributed by atoms with Crippen molar-refractivity contribution in [3.8, 4) is 0 Å². The lowest BCUT2D eigenvalue weighted by Gasteiger charge is -2.33. The van der Waals surface area contributed by atoms with Crippen LogP contribution in [0.3, 0.4) is 0 Å². The quantitative estimate of drug-likeness (QED) is 0.820. The Kier molecular flexibility index (Phi) is 8.56. The van der Waals surface area contributed by atoms with Crippen LogP contribution in [0.15, 0.2) is 0 Å². The highest BCUT2D eigenvalue weighted by Gasteiger charge is 2.26. The van der Waals surface area contributed by atoms with Crippen molar-refractivity contribution in [2.75, 3.05) is 20.2 Å². The Morgan fingerprint density at radius 1 is 1.59 bits per heavy atom. The molecule has 0 aromatic carbocycles. The summed E-state index contributed by atoms with van der Waals surface area (Å²) in [6.07, 6.45) is 5.16. The molecule has 2 N–H and O–H groups in total. The van der Waals surface area contributed by atoms with Crippen LogP contribution < -0.4 is 5.73 Å². The molecule has 4 nitrogen and oxygen atoms in total. The molecule has 0 bridgehead atoms. The summed E-state index contributed by atoms with van der Waals surface area (Å²) < 4.78 is 5.30. The highest BCUT2D eigenvalue weighted by Crippen LogP contribution is 2.14. The molecule has 1 amide bonds. The van der Waals surface area contributed by atoms with Crippen LogP contribution >= 0.6 is 12.4 Å². The van der Waals surface area contributed by atoms with E-state index in [1.54, 1.807) is 7.11 Å². The van der Waals surface area contributed by atoms with Crippen LogP contribution in [0.25, 0.3) is 0 Å². The van der Waals surface area contributed by atoms with Gasteiger partial charge in [-0.2, -0.15) is 0 Å². The molecule has 102 valence electrons. The van der Waals surface area contributed by atoms with Crippen LogP contribution in [0.1, 0.15) is 39.0 Å². The first-order valence-corrected chi connectivity index (χ1v) is 6.26. The number of carbonyl (C=O) groups is 1. The number of nitrogens with zero attached hydrogens (tertiary/aromatic N) is 1. The van der Waals surface area contributed by atoms with Gasteiger partial charge in [0.1, 0.15) is 0 Å². The maximum atomic E-state index is 12.0. The van der Waals surface area contributed by atoms with Gasteiger partial charge in [-0.3, -0.25) is 4.79 Å². The normalized spacial score (nSPS) is 21.8. The second-order valence-electron chi connectivity index (χ2n) is 4.53. The number of nitrogens with two attached hydrogens (primary N) is 1. The van der Waals surface area contributed by atoms with Crippen molar-refractivity contribution in [3.63, 3.8) is 0 Å². The molecule has 0 aromatic heterocycles. The number of likely N-dealkylation sites (tertiary alicyclic amines) is 1. The summed E-state index contributed by atoms with van der Waals surface area (Å²) in [4.78, 5) is 13.9. The lowest BCUT2D eigenvalue weighted by Crippen LogP contribution is -2.49. The molecule has 5 heteroatoms. The molecule has 1 rings (SSSR count). The number of hydrogen-bond acceptors (Lipinski definition) is 3. The second-order valence-corrected chi connectivity index (χ2v) is 4.53. The van der Waals surface area contributed by atoms with E-state index in [2.05, 4.69) is 6.92 Å². The van der Waals surface area contributed by atoms with Gasteiger partial charge in [-0.05, 0) is 19.3 Å². The third-order valence-electron chi connectivity index (χ3n) is 3.21. The maximum Gasteiger partial charge on any atom is 0.239 e. The van der Waals surface area contributed by atoms with Gasteiger partial charge < -0.3 is 15.4 Å². The van der Waals surface area contributed by atoms with Crippen LogP contribution in [0.4, 0.5) is 0 Å². The number of amides is 1. The minimum absolute atomic E-state index is 0. The van der Waals surface area contributed by atoms with Crippen molar-refractivity contribution in [2.45, 2.75) is 51.2 Å². The van der Waals surface area contributed by atoms with E-state index in [-0.39, 0.29) is 30.5 Å². The number of rotatable bonds is 5. The Bertz CT molecular complexity index is 227. The Morgan fingerprint density at radius 3 is 2.88 bits per heavy atom. The Morgan fingerprint density at radius 2 is 2.29 bits per heavy atom. The number of carbonyl (C=O) groups excluding carboxylic acids is 1. The van der Waals surface area contributed by atoms with Crippen molar-refractivity contribution in [3.05, 3.63) is 0 Å². The van der Waals surface area contributed by atoms with Crippen LogP contribution in [-0.4, -0.2) is 43.2 Å². The number of halogens is 1. The number of unbranched alkanes of at least 4 members (excludes halogenated alkanes) is 1. The molecule has 2 unspecified atom stereocenters. The summed E-state index contributed by atoms with van der Waals surface area (Å²) in [6, 6.07) is -0.324. The fraction of sp³-hybridized carbons (Fsp3) is 0.917. The fourth-order valence-electron chi connectivity index (χ4n) is 2.11. The van der Waals surface area contributed by atoms with Crippen molar-refractivity contribution >= 4 is 18.3 Å². The molecule has 0 saturated carbocycles. The van der Waals surface area contributed by atoms with Gasteiger partial charge in [0.25, 0.3) is 0 Å². The van der Waals surface area contributed by atoms with E-state index >= 15 is 0 Å². The lowest BCUT2D eigenvalue weighted by molar-refractivity contribution is -0.136. The Labute approximate surface area is 110 Å². The summed E-state index contributed by atoms with van der Waals surface area (Å²) in [5.41, 5.74) is 5.89. The molecule has 1 heterocycles. The zero-order valence-corrected chi connectivity index (χ0v) is 11.7. The van der Waals surface area contributed by atoms with E-state index in [4.69, 9.17) is 10.5 Å². The third kappa shape index (κ3) is 5.23. The van der Waals surface area contributed by atoms with E-state index in [0.29, 0.717) is 6.54 Å². The molecular formula is C12H25ClN2O2. The van der Waals surface area contributed by atoms with Gasteiger partial charge in [-0.15, -0.1) is 12.4 Å². The van der Waals surface area contributed by atoms with Crippen LogP contribution in [0.5, 0.6) is 0 Å². The lowest BCUT2D eigenvalue weighted by atomic mass is 10.0. The SMILES string of the molecule is CCCCC(N)C(=O)N1CCCC(OC)C1.Cl. The summed E-state index contributed by atoms with van der Waals surface area (Å²) in [6.45, 7) is 3.65. The molecule has 0 aliphatic carbocycles. The average Bonchev–Trinajstić information content (AvgIpc) is 2.35. The van der Waals surface area contributed by atoms with E-state index in [1.165, 1.54) is 0 Å². The summed E-state index contributed by atoms with van der Waals surface area (Å²) in [5.74, 6) is 0.0928. The highest BCUT2D eigenvalue weighted by atomic mass is 35.5. The van der Waals surface area contributed by atoms with Crippen LogP contribution in [-0.2, 0) is 9.53 Å². The van der Waals surface area contributed by atoms with Gasteiger partial charge in [0.05, 0.1) is 12.1 Å². The minimum Gasteiger partial charge on any atom is -0.380 e. The molecule has 0 aromatic rings. The summed E-state index contributed by atoms with van der Waals surface area (Å²) in [7, 11) is 1.70. The molecule has 0 radical (unpaired) electrons. The van der Waals surface area contributed by atoms with Crippen LogP contribution in [0.2, 0.25) is 0 Å². The second kappa shape index (κ2) is 8.72. The molecule has 1 aliphatic heterocycles. The van der Waals surface area contributed by atoms with E-state index in [0.717, 1.165) is 38.6 Å². The van der Waals surface area contributed by atoms with E-state index in [9.17, 15) is 4.79 Å². The standard InChI is InChI=1S/C12H24N2O2.ClH/c1-3-4-7-11(13)12(15)14-8-5-6-10(9-14)16-2;/h10-11H,3-9,13H2,1-2H3;1H. The highest BCUT2D eigenvalue weighted by molar-refractivity contribution is 5.85. The monoisotopic (exact) mass is 264 g/mol. The number of ether oxygens (including phenoxy) is 1. The zero-order chi connectivity index (χ0) is 12.0. The number of methoxy groups -OCH3 is 1. The Balaban J connectivity index is 0.00000256. The van der Waals surface area contributed by atoms with Gasteiger partial charge in [0.2, 0.25) is 5.91 Å². The molecule has 1 saturated heterocycles. The zero-order valence-electron chi connectivity index (χ0n) is 10.9. The summed E-state index contributed by atoms with van der Waals surface area (Å²) in [5, 5.41) is 0. The molecule has 0 spiro atoms. The van der Waals surface area contributed by atoms with E-state index in [1.807, 2.05) is 4.90 Å². The molecule has 1 aliphatic rings. The topological polar surface area (TPSA) is 55.6 Å². The minimum atomic E-state index is -0.324. The van der Waals surface area contributed by atoms with Gasteiger partial charge in [0, 0.05) is 20.2 Å². The number of piperidine rings is 1. The molecular weight excluding hydrogens is 240 g/mol. The molecule has 2 atom stereocenters. The largest absolute Gasteiger partial charge is 0.380 e. The predicted octanol–water partition coefficient (Wildman–Crippen LogP) is 1.56. The van der Waals surface area contributed by atoms with Gasteiger partial charge in [-0.25, -0.2) is 0 Å².